The zero-order valence-corrected chi connectivity index (χ0v) is 11.9. The van der Waals surface area contributed by atoms with Gasteiger partial charge in [-0.15, -0.1) is 0 Å². The maximum atomic E-state index is 12.3. The molecular formula is C14H12ClN3O3. The zero-order valence-electron chi connectivity index (χ0n) is 11.1. The van der Waals surface area contributed by atoms with E-state index in [9.17, 15) is 14.9 Å². The molecule has 0 aliphatic carbocycles. The van der Waals surface area contributed by atoms with E-state index in [1.54, 1.807) is 13.1 Å². The van der Waals surface area contributed by atoms with Crippen LogP contribution in [0.4, 0.5) is 17.1 Å². The molecule has 0 bridgehead atoms. The molecule has 2 aromatic carbocycles. The summed E-state index contributed by atoms with van der Waals surface area (Å²) in [4.78, 5) is 23.8. The standard InChI is InChI=1S/C14H12ClN3O3/c1-17(12-2-4-13(5-3-12)18(20)21)14(19)9-6-10(15)8-11(16)7-9/h2-8H,16H2,1H3. The van der Waals surface area contributed by atoms with Crippen molar-refractivity contribution < 1.29 is 9.72 Å². The third-order valence-corrected chi connectivity index (χ3v) is 3.14. The Bertz CT molecular complexity index is 681. The van der Waals surface area contributed by atoms with Crippen LogP contribution in [0.25, 0.3) is 0 Å². The first-order valence-electron chi connectivity index (χ1n) is 5.97. The Labute approximate surface area is 125 Å². The highest BCUT2D eigenvalue weighted by Gasteiger charge is 2.15. The molecule has 6 nitrogen and oxygen atoms in total. The van der Waals surface area contributed by atoms with Crippen molar-refractivity contribution in [2.75, 3.05) is 17.7 Å². The molecule has 2 N–H and O–H groups in total. The molecule has 0 aliphatic heterocycles. The van der Waals surface area contributed by atoms with Crippen molar-refractivity contribution in [3.8, 4) is 0 Å². The third-order valence-electron chi connectivity index (χ3n) is 2.92. The fourth-order valence-electron chi connectivity index (χ4n) is 1.84. The number of nitrogens with two attached hydrogens (primary N) is 1. The number of non-ortho nitro benzene ring substituents is 1. The molecule has 0 spiro atoms. The van der Waals surface area contributed by atoms with Crippen LogP contribution < -0.4 is 10.6 Å². The lowest BCUT2D eigenvalue weighted by atomic mass is 10.1. The summed E-state index contributed by atoms with van der Waals surface area (Å²) in [6, 6.07) is 10.3. The first-order chi connectivity index (χ1) is 9.88. The van der Waals surface area contributed by atoms with Crippen LogP contribution in [0.15, 0.2) is 42.5 Å². The Balaban J connectivity index is 2.28. The monoisotopic (exact) mass is 305 g/mol. The summed E-state index contributed by atoms with van der Waals surface area (Å²) >= 11 is 5.87. The minimum atomic E-state index is -0.497. The van der Waals surface area contributed by atoms with Crippen molar-refractivity contribution in [3.05, 3.63) is 63.2 Å². The molecule has 0 heterocycles. The number of anilines is 2. The molecule has 0 aromatic heterocycles. The van der Waals surface area contributed by atoms with Crippen LogP contribution in [0, 0.1) is 10.1 Å². The van der Waals surface area contributed by atoms with Gasteiger partial charge in [0.1, 0.15) is 0 Å². The Kier molecular flexibility index (Phi) is 4.09. The smallest absolute Gasteiger partial charge is 0.269 e. The highest BCUT2D eigenvalue weighted by atomic mass is 35.5. The van der Waals surface area contributed by atoms with Crippen molar-refractivity contribution in [2.24, 2.45) is 0 Å². The highest BCUT2D eigenvalue weighted by Crippen LogP contribution is 2.22. The van der Waals surface area contributed by atoms with Gasteiger partial charge in [-0.25, -0.2) is 0 Å². The predicted octanol–water partition coefficient (Wildman–Crippen LogP) is 3.11. The van der Waals surface area contributed by atoms with E-state index in [2.05, 4.69) is 0 Å². The van der Waals surface area contributed by atoms with Crippen LogP contribution >= 0.6 is 11.6 Å². The number of nitro groups is 1. The van der Waals surface area contributed by atoms with Crippen molar-refractivity contribution in [1.29, 1.82) is 0 Å². The summed E-state index contributed by atoms with van der Waals surface area (Å²) in [6.45, 7) is 0. The molecule has 0 saturated heterocycles. The van der Waals surface area contributed by atoms with Crippen molar-refractivity contribution in [2.45, 2.75) is 0 Å². The number of hydrogen-bond donors (Lipinski definition) is 1. The minimum absolute atomic E-state index is 0.0356. The second-order valence-corrected chi connectivity index (χ2v) is 4.85. The van der Waals surface area contributed by atoms with Crippen molar-refractivity contribution in [3.63, 3.8) is 0 Å². The fourth-order valence-corrected chi connectivity index (χ4v) is 2.09. The number of nitro benzene ring substituents is 1. The predicted molar refractivity (Wildman–Crippen MR) is 81.7 cm³/mol. The number of carbonyl (C=O) groups excluding carboxylic acids is 1. The molecule has 0 radical (unpaired) electrons. The number of nitrogen functional groups attached to an aromatic ring is 1. The quantitative estimate of drug-likeness (QED) is 0.536. The number of amides is 1. The van der Waals surface area contributed by atoms with Gasteiger partial charge in [0.05, 0.1) is 4.92 Å². The van der Waals surface area contributed by atoms with Gasteiger partial charge in [0.2, 0.25) is 0 Å². The lowest BCUT2D eigenvalue weighted by Gasteiger charge is -2.17. The normalized spacial score (nSPS) is 10.2. The molecule has 2 rings (SSSR count). The SMILES string of the molecule is CN(C(=O)c1cc(N)cc(Cl)c1)c1ccc([N+](=O)[O-])cc1. The summed E-state index contributed by atoms with van der Waals surface area (Å²) in [5.74, 6) is -0.307. The van der Waals surface area contributed by atoms with Gasteiger partial charge in [-0.2, -0.15) is 0 Å². The van der Waals surface area contributed by atoms with Crippen molar-refractivity contribution in [1.82, 2.24) is 0 Å². The molecule has 0 unspecified atom stereocenters. The van der Waals surface area contributed by atoms with E-state index in [4.69, 9.17) is 17.3 Å². The molecule has 108 valence electrons. The number of rotatable bonds is 3. The average Bonchev–Trinajstić information content (AvgIpc) is 2.44. The molecular weight excluding hydrogens is 294 g/mol. The molecule has 0 saturated carbocycles. The first kappa shape index (κ1) is 14.8. The number of benzene rings is 2. The topological polar surface area (TPSA) is 89.5 Å². The van der Waals surface area contributed by atoms with Gasteiger partial charge in [0.15, 0.2) is 0 Å². The highest BCUT2D eigenvalue weighted by molar-refractivity contribution is 6.31. The van der Waals surface area contributed by atoms with Crippen LogP contribution in [0.5, 0.6) is 0 Å². The third kappa shape index (κ3) is 3.29. The van der Waals surface area contributed by atoms with Crippen LogP contribution in [-0.4, -0.2) is 17.9 Å². The van der Waals surface area contributed by atoms with Crippen LogP contribution in [0.2, 0.25) is 5.02 Å². The minimum Gasteiger partial charge on any atom is -0.399 e. The van der Waals surface area contributed by atoms with Crippen LogP contribution in [0.3, 0.4) is 0 Å². The second kappa shape index (κ2) is 5.80. The molecule has 7 heteroatoms. The van der Waals surface area contributed by atoms with E-state index in [0.29, 0.717) is 22.0 Å². The van der Waals surface area contributed by atoms with Gasteiger partial charge in [0, 0.05) is 41.1 Å². The molecule has 0 aliphatic rings. The van der Waals surface area contributed by atoms with E-state index < -0.39 is 4.92 Å². The first-order valence-corrected chi connectivity index (χ1v) is 6.35. The summed E-state index contributed by atoms with van der Waals surface area (Å²) in [5.41, 5.74) is 6.89. The number of hydrogen-bond acceptors (Lipinski definition) is 4. The van der Waals surface area contributed by atoms with E-state index in [1.165, 1.54) is 41.3 Å². The number of halogens is 1. The van der Waals surface area contributed by atoms with Gasteiger partial charge in [0.25, 0.3) is 11.6 Å². The van der Waals surface area contributed by atoms with E-state index in [0.717, 1.165) is 0 Å². The Morgan fingerprint density at radius 2 is 1.86 bits per heavy atom. The maximum Gasteiger partial charge on any atom is 0.269 e. The van der Waals surface area contributed by atoms with Gasteiger partial charge in [-0.05, 0) is 30.3 Å². The Morgan fingerprint density at radius 3 is 2.38 bits per heavy atom. The summed E-state index contributed by atoms with van der Waals surface area (Å²) in [7, 11) is 1.57. The largest absolute Gasteiger partial charge is 0.399 e. The van der Waals surface area contributed by atoms with E-state index >= 15 is 0 Å². The average molecular weight is 306 g/mol. The molecule has 0 atom stereocenters. The molecule has 2 aromatic rings. The van der Waals surface area contributed by atoms with Crippen LogP contribution in [0.1, 0.15) is 10.4 Å². The Morgan fingerprint density at radius 1 is 1.24 bits per heavy atom. The van der Waals surface area contributed by atoms with Crippen LogP contribution in [-0.2, 0) is 0 Å². The summed E-state index contributed by atoms with van der Waals surface area (Å²) in [6.07, 6.45) is 0. The zero-order chi connectivity index (χ0) is 15.6. The Hall–Kier alpha value is -2.60. The van der Waals surface area contributed by atoms with E-state index in [1.807, 2.05) is 0 Å². The van der Waals surface area contributed by atoms with Gasteiger partial charge < -0.3 is 10.6 Å². The molecule has 21 heavy (non-hydrogen) atoms. The second-order valence-electron chi connectivity index (χ2n) is 4.41. The lowest BCUT2D eigenvalue weighted by molar-refractivity contribution is -0.384. The van der Waals surface area contributed by atoms with Gasteiger partial charge in [-0.1, -0.05) is 11.6 Å². The summed E-state index contributed by atoms with van der Waals surface area (Å²) < 4.78 is 0. The molecule has 1 amide bonds. The maximum absolute atomic E-state index is 12.3. The fraction of sp³-hybridized carbons (Fsp3) is 0.0714. The number of carbonyl (C=O) groups is 1. The lowest BCUT2D eigenvalue weighted by Crippen LogP contribution is -2.26. The van der Waals surface area contributed by atoms with Gasteiger partial charge >= 0.3 is 0 Å². The number of nitrogens with zero attached hydrogens (tertiary/aromatic N) is 2. The molecule has 0 fully saturated rings. The van der Waals surface area contributed by atoms with E-state index in [-0.39, 0.29) is 11.6 Å². The summed E-state index contributed by atoms with van der Waals surface area (Å²) in [5, 5.41) is 11.0. The van der Waals surface area contributed by atoms with Gasteiger partial charge in [-0.3, -0.25) is 14.9 Å². The van der Waals surface area contributed by atoms with Crippen molar-refractivity contribution >= 4 is 34.6 Å².